The molecular weight excluding hydrogens is 791 g/mol. The first-order valence-corrected chi connectivity index (χ1v) is 22.9. The number of ether oxygens (including phenoxy) is 2. The fourth-order valence-corrected chi connectivity index (χ4v) is 10.4. The molecule has 3 amide bonds. The van der Waals surface area contributed by atoms with Gasteiger partial charge in [-0.3, -0.25) is 19.1 Å². The van der Waals surface area contributed by atoms with Crippen LogP contribution in [0.5, 0.6) is 11.6 Å². The smallest absolute Gasteiger partial charge is 0.259 e. The molecular formula is C43H51N7O7S2. The highest BCUT2D eigenvalue weighted by molar-refractivity contribution is 7.91. The van der Waals surface area contributed by atoms with Gasteiger partial charge in [-0.25, -0.2) is 23.4 Å². The van der Waals surface area contributed by atoms with E-state index in [1.165, 1.54) is 16.2 Å². The number of aromatic nitrogens is 3. The third-order valence-electron chi connectivity index (χ3n) is 11.9. The second kappa shape index (κ2) is 16.5. The van der Waals surface area contributed by atoms with Crippen LogP contribution in [0.3, 0.4) is 0 Å². The van der Waals surface area contributed by atoms with Gasteiger partial charge in [0, 0.05) is 29.3 Å². The Balaban J connectivity index is 1.15. The second-order valence-corrected chi connectivity index (χ2v) is 19.3. The van der Waals surface area contributed by atoms with Crippen LogP contribution in [0.2, 0.25) is 0 Å². The lowest BCUT2D eigenvalue weighted by atomic mass is 10.0. The van der Waals surface area contributed by atoms with Crippen molar-refractivity contribution in [1.29, 1.82) is 0 Å². The van der Waals surface area contributed by atoms with Crippen molar-refractivity contribution >= 4 is 55.7 Å². The number of nitrogens with zero attached hydrogens (tertiary/aromatic N) is 4. The second-order valence-electron chi connectivity index (χ2n) is 16.4. The lowest BCUT2D eigenvalue weighted by Gasteiger charge is -2.30. The van der Waals surface area contributed by atoms with E-state index >= 15 is 0 Å². The quantitative estimate of drug-likeness (QED) is 0.159. The first-order valence-electron chi connectivity index (χ1n) is 20.5. The highest BCUT2D eigenvalue weighted by Crippen LogP contribution is 2.46. The van der Waals surface area contributed by atoms with Gasteiger partial charge in [0.15, 0.2) is 0 Å². The molecule has 312 valence electrons. The maximum Gasteiger partial charge on any atom is 0.259 e. The summed E-state index contributed by atoms with van der Waals surface area (Å²) in [4.78, 5) is 59.1. The van der Waals surface area contributed by atoms with E-state index in [1.807, 2.05) is 48.7 Å². The van der Waals surface area contributed by atoms with E-state index in [1.54, 1.807) is 25.4 Å². The SMILES string of the molecule is COc1ccc2c(O[C@@H]3C[C@H]4C(=O)N[C@]5(C(=O)NS(=O)(=O)C6CC6)C[C@H]5C=CCCCCC[C@H](Nc5ccccn5)C(=O)N4C3)nc(-c3nc(C(C)C)cs3)cc2c1C. The maximum absolute atomic E-state index is 14.8. The molecule has 0 bridgehead atoms. The molecule has 5 heterocycles. The molecule has 4 aliphatic rings. The van der Waals surface area contributed by atoms with Crippen molar-refractivity contribution in [3.63, 3.8) is 0 Å². The van der Waals surface area contributed by atoms with Gasteiger partial charge in [0.2, 0.25) is 27.7 Å². The molecule has 0 spiro atoms. The normalized spacial score (nSPS) is 25.1. The van der Waals surface area contributed by atoms with Crippen LogP contribution in [-0.2, 0) is 24.4 Å². The number of pyridine rings is 2. The lowest BCUT2D eigenvalue weighted by Crippen LogP contribution is -2.57. The van der Waals surface area contributed by atoms with E-state index in [2.05, 4.69) is 34.2 Å². The van der Waals surface area contributed by atoms with Gasteiger partial charge in [0.1, 0.15) is 46.0 Å². The van der Waals surface area contributed by atoms with Gasteiger partial charge >= 0.3 is 0 Å². The molecule has 8 rings (SSSR count). The molecule has 3 N–H and O–H groups in total. The van der Waals surface area contributed by atoms with E-state index < -0.39 is 56.7 Å². The number of methoxy groups -OCH3 is 1. The molecule has 1 saturated heterocycles. The predicted molar refractivity (Wildman–Crippen MR) is 226 cm³/mol. The van der Waals surface area contributed by atoms with Crippen molar-refractivity contribution in [3.05, 3.63) is 71.4 Å². The minimum absolute atomic E-state index is 0.0627. The van der Waals surface area contributed by atoms with Crippen molar-refractivity contribution in [2.75, 3.05) is 19.0 Å². The van der Waals surface area contributed by atoms with Crippen LogP contribution in [0, 0.1) is 12.8 Å². The summed E-state index contributed by atoms with van der Waals surface area (Å²) in [5.41, 5.74) is 1.01. The van der Waals surface area contributed by atoms with Gasteiger partial charge in [0.05, 0.1) is 24.6 Å². The van der Waals surface area contributed by atoms with Crippen LogP contribution in [0.4, 0.5) is 5.82 Å². The summed E-state index contributed by atoms with van der Waals surface area (Å²) in [5.74, 6) is -0.194. The molecule has 0 unspecified atom stereocenters. The summed E-state index contributed by atoms with van der Waals surface area (Å²) in [7, 11) is -2.26. The molecule has 1 aromatic carbocycles. The van der Waals surface area contributed by atoms with Crippen LogP contribution in [0.25, 0.3) is 21.5 Å². The number of hydrogen-bond donors (Lipinski definition) is 3. The predicted octanol–water partition coefficient (Wildman–Crippen LogP) is 6.03. The topological polar surface area (TPSA) is 182 Å². The van der Waals surface area contributed by atoms with Gasteiger partial charge in [-0.1, -0.05) is 44.9 Å². The number of rotatable bonds is 10. The van der Waals surface area contributed by atoms with E-state index in [0.29, 0.717) is 42.4 Å². The van der Waals surface area contributed by atoms with Crippen molar-refractivity contribution in [2.24, 2.45) is 5.92 Å². The van der Waals surface area contributed by atoms with Gasteiger partial charge in [0.25, 0.3) is 5.91 Å². The summed E-state index contributed by atoms with van der Waals surface area (Å²) in [6, 6.07) is 9.45. The van der Waals surface area contributed by atoms with Gasteiger partial charge < -0.3 is 25.0 Å². The third kappa shape index (κ3) is 8.51. The maximum atomic E-state index is 14.8. The summed E-state index contributed by atoms with van der Waals surface area (Å²) in [6.07, 6.45) is 9.94. The molecule has 0 radical (unpaired) electrons. The number of sulfonamides is 1. The van der Waals surface area contributed by atoms with E-state index in [9.17, 15) is 22.8 Å². The Labute approximate surface area is 348 Å². The molecule has 5 atom stereocenters. The van der Waals surface area contributed by atoms with E-state index in [-0.39, 0.29) is 31.2 Å². The van der Waals surface area contributed by atoms with Crippen molar-refractivity contribution in [3.8, 4) is 22.3 Å². The Bertz CT molecular complexity index is 2380. The highest BCUT2D eigenvalue weighted by Gasteiger charge is 2.62. The summed E-state index contributed by atoms with van der Waals surface area (Å²) in [5, 5.41) is 10.1. The van der Waals surface area contributed by atoms with Crippen molar-refractivity contribution in [1.82, 2.24) is 29.9 Å². The van der Waals surface area contributed by atoms with Crippen LogP contribution in [-0.4, -0.2) is 88.6 Å². The molecule has 16 heteroatoms. The number of carbonyl (C=O) groups excluding carboxylic acids is 3. The number of anilines is 1. The molecule has 2 aliphatic carbocycles. The zero-order valence-corrected chi connectivity index (χ0v) is 35.4. The van der Waals surface area contributed by atoms with E-state index in [4.69, 9.17) is 19.4 Å². The van der Waals surface area contributed by atoms with Gasteiger partial charge in [-0.2, -0.15) is 0 Å². The molecule has 3 aromatic heterocycles. The number of fused-ring (bicyclic) bond motifs is 3. The zero-order chi connectivity index (χ0) is 41.5. The zero-order valence-electron chi connectivity index (χ0n) is 33.8. The Morgan fingerprint density at radius 2 is 1.90 bits per heavy atom. The number of nitrogens with one attached hydrogen (secondary N) is 3. The third-order valence-corrected chi connectivity index (χ3v) is 14.6. The minimum Gasteiger partial charge on any atom is -0.496 e. The number of hydrogen-bond acceptors (Lipinski definition) is 12. The van der Waals surface area contributed by atoms with Crippen molar-refractivity contribution < 1.29 is 32.3 Å². The van der Waals surface area contributed by atoms with E-state index in [0.717, 1.165) is 52.7 Å². The number of thiazole rings is 1. The summed E-state index contributed by atoms with van der Waals surface area (Å²) < 4.78 is 40.6. The highest BCUT2D eigenvalue weighted by atomic mass is 32.2. The fourth-order valence-electron chi connectivity index (χ4n) is 8.14. The number of benzene rings is 1. The van der Waals surface area contributed by atoms with Crippen molar-refractivity contribution in [2.45, 2.75) is 113 Å². The van der Waals surface area contributed by atoms with Crippen LogP contribution in [0.1, 0.15) is 88.8 Å². The number of carbonyl (C=O) groups is 3. The Morgan fingerprint density at radius 1 is 1.07 bits per heavy atom. The van der Waals surface area contributed by atoms with Crippen LogP contribution < -0.4 is 24.8 Å². The fraction of sp³-hybridized carbons (Fsp3) is 0.488. The average molecular weight is 842 g/mol. The lowest BCUT2D eigenvalue weighted by molar-refractivity contribution is -0.140. The average Bonchev–Trinajstić information content (AvgIpc) is 4.09. The Kier molecular flexibility index (Phi) is 11.4. The number of allylic oxidation sites excluding steroid dienone is 1. The van der Waals surface area contributed by atoms with Gasteiger partial charge in [-0.15, -0.1) is 11.3 Å². The monoisotopic (exact) mass is 841 g/mol. The van der Waals surface area contributed by atoms with Gasteiger partial charge in [-0.05, 0) is 92.6 Å². The Morgan fingerprint density at radius 3 is 2.63 bits per heavy atom. The number of amides is 3. The molecule has 2 aliphatic heterocycles. The van der Waals surface area contributed by atoms with Crippen LogP contribution >= 0.6 is 11.3 Å². The summed E-state index contributed by atoms with van der Waals surface area (Å²) >= 11 is 1.50. The first kappa shape index (κ1) is 40.7. The molecule has 59 heavy (non-hydrogen) atoms. The molecule has 14 nitrogen and oxygen atoms in total. The number of aryl methyl sites for hydroxylation is 1. The van der Waals surface area contributed by atoms with Crippen LogP contribution in [0.15, 0.2) is 60.1 Å². The molecule has 2 saturated carbocycles. The largest absolute Gasteiger partial charge is 0.496 e. The molecule has 3 fully saturated rings. The first-order chi connectivity index (χ1) is 28.4. The standard InChI is InChI=1S/C43H51N7O7S2/c1-25(2)34-24-58-40(47-34)33-21-31-26(3)36(56-4)18-17-30(31)39(46-33)57-28-20-35-38(51)48-43(42(53)49-59(54,55)29-15-16-29)22-27(43)12-8-6-5-7-9-13-32(41(52)50(35)23-28)45-37-14-10-11-19-44-37/h8,10-12,14,17-19,21,24-25,27-29,32,35H,5-7,9,13,15-16,20,22-23H2,1-4H3,(H,44,45)(H,48,51)(H,49,53)/t27-,28-,32+,35+,43-/m1/s1. The molecule has 4 aromatic rings. The summed E-state index contributed by atoms with van der Waals surface area (Å²) in [6.45, 7) is 6.22. The Hall–Kier alpha value is -5.09. The minimum atomic E-state index is -3.88.